The van der Waals surface area contributed by atoms with Gasteiger partial charge in [-0.05, 0) is 153 Å². The van der Waals surface area contributed by atoms with Crippen LogP contribution in [-0.2, 0) is 19.7 Å². The van der Waals surface area contributed by atoms with Crippen molar-refractivity contribution < 1.29 is 24.5 Å². The molecular weight excluding hydrogens is 1070 g/mol. The van der Waals surface area contributed by atoms with Crippen LogP contribution in [0.25, 0.3) is 27.0 Å². The van der Waals surface area contributed by atoms with Gasteiger partial charge in [-0.25, -0.2) is 9.67 Å². The van der Waals surface area contributed by atoms with Crippen molar-refractivity contribution in [3.8, 4) is 16.1 Å². The summed E-state index contributed by atoms with van der Waals surface area (Å²) < 4.78 is 10.2. The molecule has 2 aliphatic carbocycles. The molecule has 78 heavy (non-hydrogen) atoms. The quantitative estimate of drug-likeness (QED) is 0.101. The minimum absolute atomic E-state index is 0.0362. The molecule has 3 N–H and O–H groups in total. The predicted octanol–water partition coefficient (Wildman–Crippen LogP) is 8.35. The van der Waals surface area contributed by atoms with E-state index in [1.165, 1.54) is 32.8 Å². The standard InChI is InChI=1S/C60H73BrN10O6S/c1-37-53(78-36-62-37)42-16-14-40(15-17-42)47(34-68-26-28-77-29-27-68)63-55(73)51-31-44(72)33-69(51)57(75)54(59(2,3)76)70-35-48(65-66-70)41-12-10-38(11-13-41)32-67-24-20-39(21-25-67)43-18-19-45-50(30-43)71-49-9-7-8-46(61)52(49)56(74)64-58(71)60(45)22-5-4-6-23-60/h7-9,14-19,30,35-36,38-39,41,44,47,51,54,72,76H,4-6,10-13,20-29,31-34H2,1-3H3,(H,63,73)/t38?,41?,44-,47+,51+,54-/m1/s1. The number of ether oxygens (including phenoxy) is 1. The van der Waals surface area contributed by atoms with Crippen molar-refractivity contribution in [2.24, 2.45) is 5.92 Å². The third-order valence-corrected chi connectivity index (χ3v) is 20.0. The van der Waals surface area contributed by atoms with Crippen molar-refractivity contribution in [1.82, 2.24) is 49.5 Å². The molecule has 16 nitrogen and oxygen atoms in total. The maximum absolute atomic E-state index is 14.8. The molecule has 412 valence electrons. The van der Waals surface area contributed by atoms with Gasteiger partial charge in [0.05, 0.1) is 74.7 Å². The van der Waals surface area contributed by atoms with Crippen molar-refractivity contribution >= 4 is 50.0 Å². The number of hydrogen-bond acceptors (Lipinski definition) is 13. The fourth-order valence-corrected chi connectivity index (χ4v) is 15.5. The Labute approximate surface area is 468 Å². The number of morpholine rings is 1. The first-order valence-corrected chi connectivity index (χ1v) is 30.2. The number of hydrogen-bond donors (Lipinski definition) is 3. The van der Waals surface area contributed by atoms with Gasteiger partial charge in [-0.15, -0.1) is 16.4 Å². The number of halogens is 1. The number of benzene rings is 3. The lowest BCUT2D eigenvalue weighted by molar-refractivity contribution is -0.147. The predicted molar refractivity (Wildman–Crippen MR) is 304 cm³/mol. The first kappa shape index (κ1) is 53.4. The zero-order valence-electron chi connectivity index (χ0n) is 45.2. The van der Waals surface area contributed by atoms with E-state index in [0.29, 0.717) is 37.0 Å². The van der Waals surface area contributed by atoms with Crippen LogP contribution in [0.1, 0.15) is 149 Å². The van der Waals surface area contributed by atoms with Crippen molar-refractivity contribution in [3.63, 3.8) is 0 Å². The maximum Gasteiger partial charge on any atom is 0.281 e. The van der Waals surface area contributed by atoms with Gasteiger partial charge in [0.25, 0.3) is 11.5 Å². The van der Waals surface area contributed by atoms with E-state index in [1.807, 2.05) is 42.9 Å². The number of rotatable bonds is 13. The monoisotopic (exact) mass is 1140 g/mol. The van der Waals surface area contributed by atoms with Crippen LogP contribution in [0.2, 0.25) is 0 Å². The molecule has 0 bridgehead atoms. The smallest absolute Gasteiger partial charge is 0.281 e. The van der Waals surface area contributed by atoms with Crippen molar-refractivity contribution in [1.29, 1.82) is 0 Å². The molecule has 3 aromatic heterocycles. The van der Waals surface area contributed by atoms with E-state index in [1.54, 1.807) is 25.2 Å². The summed E-state index contributed by atoms with van der Waals surface area (Å²) >= 11 is 5.26. The number of aryl methyl sites for hydroxylation is 1. The van der Waals surface area contributed by atoms with Crippen LogP contribution in [0.15, 0.2) is 81.6 Å². The first-order valence-electron chi connectivity index (χ1n) is 28.5. The van der Waals surface area contributed by atoms with Gasteiger partial charge in [0.1, 0.15) is 11.9 Å². The number of piperidine rings is 1. The lowest BCUT2D eigenvalue weighted by Crippen LogP contribution is -2.53. The molecule has 18 heteroatoms. The lowest BCUT2D eigenvalue weighted by Gasteiger charge is -2.37. The summed E-state index contributed by atoms with van der Waals surface area (Å²) in [5.74, 6) is 1.31. The number of β-amino-alcohol motifs (C(OH)–C–C–N with tert-alkyl or cyclic N) is 1. The van der Waals surface area contributed by atoms with Crippen LogP contribution in [0.3, 0.4) is 0 Å². The number of nitrogens with zero attached hydrogens (tertiary/aromatic N) is 9. The van der Waals surface area contributed by atoms with Crippen LogP contribution in [0.5, 0.6) is 0 Å². The SMILES string of the molecule is Cc1ncsc1-c1ccc([C@H](CN2CCOCC2)NC(=O)[C@@H]2C[C@@H](O)CN2C(=O)[C@@H](n2cc(C3CCC(CN4CCC(c5ccc6c(c5)-n5c(nc(=O)c7c(Br)cccc75)C65CCCCC5)CC4)CC3)nn2)C(C)(C)O)cc1. The molecule has 6 aromatic rings. The number of aliphatic hydroxyl groups is 2. The number of aliphatic hydroxyl groups excluding tert-OH is 1. The number of nitrogens with one attached hydrogen (secondary N) is 1. The maximum atomic E-state index is 14.8. The van der Waals surface area contributed by atoms with Gasteiger partial charge in [-0.1, -0.05) is 66.9 Å². The highest BCUT2D eigenvalue weighted by Crippen LogP contribution is 2.52. The van der Waals surface area contributed by atoms with Crippen molar-refractivity contribution in [2.75, 3.05) is 59.0 Å². The summed E-state index contributed by atoms with van der Waals surface area (Å²) in [6.45, 7) is 11.6. The van der Waals surface area contributed by atoms with E-state index in [4.69, 9.17) is 9.72 Å². The molecular formula is C60H73BrN10O6S. The molecule has 0 radical (unpaired) electrons. The normalized spacial score (nSPS) is 23.8. The second kappa shape index (κ2) is 22.0. The number of carbonyl (C=O) groups is 2. The summed E-state index contributed by atoms with van der Waals surface area (Å²) in [5.41, 5.74) is 8.54. The average molecular weight is 1140 g/mol. The second-order valence-electron chi connectivity index (χ2n) is 23.9. The zero-order chi connectivity index (χ0) is 53.9. The third-order valence-electron chi connectivity index (χ3n) is 18.4. The van der Waals surface area contributed by atoms with Gasteiger partial charge in [0.15, 0.2) is 6.04 Å². The first-order chi connectivity index (χ1) is 37.7. The Kier molecular flexibility index (Phi) is 15.1. The molecule has 3 saturated heterocycles. The van der Waals surface area contributed by atoms with E-state index in [-0.39, 0.29) is 41.8 Å². The number of carbonyl (C=O) groups excluding carboxylic acids is 2. The minimum Gasteiger partial charge on any atom is -0.391 e. The summed E-state index contributed by atoms with van der Waals surface area (Å²) in [5, 5.41) is 35.8. The van der Waals surface area contributed by atoms with Gasteiger partial charge >= 0.3 is 0 Å². The van der Waals surface area contributed by atoms with Gasteiger partial charge in [-0.3, -0.25) is 23.9 Å². The zero-order valence-corrected chi connectivity index (χ0v) is 47.6. The molecule has 5 fully saturated rings. The molecule has 4 aliphatic heterocycles. The van der Waals surface area contributed by atoms with Gasteiger partial charge in [0.2, 0.25) is 5.91 Å². The molecule has 0 unspecified atom stereocenters. The molecule has 2 saturated carbocycles. The number of likely N-dealkylation sites (tertiary alicyclic amines) is 2. The van der Waals surface area contributed by atoms with E-state index < -0.39 is 29.7 Å². The van der Waals surface area contributed by atoms with E-state index in [0.717, 1.165) is 140 Å². The Bertz CT molecular complexity index is 3220. The van der Waals surface area contributed by atoms with Crippen LogP contribution in [0, 0.1) is 12.8 Å². The second-order valence-corrected chi connectivity index (χ2v) is 25.6. The van der Waals surface area contributed by atoms with Crippen molar-refractivity contribution in [3.05, 3.63) is 121 Å². The Balaban J connectivity index is 0.676. The summed E-state index contributed by atoms with van der Waals surface area (Å²) in [6.07, 6.45) is 12.8. The van der Waals surface area contributed by atoms with Crippen LogP contribution in [-0.4, -0.2) is 143 Å². The summed E-state index contributed by atoms with van der Waals surface area (Å²) in [4.78, 5) is 59.5. The van der Waals surface area contributed by atoms with Crippen molar-refractivity contribution in [2.45, 2.75) is 145 Å². The Morgan fingerprint density at radius 3 is 2.41 bits per heavy atom. The molecule has 4 atom stereocenters. The molecule has 6 aliphatic rings. The van der Waals surface area contributed by atoms with E-state index >= 15 is 0 Å². The fourth-order valence-electron chi connectivity index (χ4n) is 14.2. The summed E-state index contributed by atoms with van der Waals surface area (Å²) in [7, 11) is 0. The Hall–Kier alpha value is -5.21. The molecule has 1 spiro atoms. The van der Waals surface area contributed by atoms with Gasteiger partial charge < -0.3 is 30.1 Å². The Morgan fingerprint density at radius 1 is 0.936 bits per heavy atom. The van der Waals surface area contributed by atoms with Crippen LogP contribution in [0.4, 0.5) is 0 Å². The third kappa shape index (κ3) is 10.3. The lowest BCUT2D eigenvalue weighted by atomic mass is 9.69. The Morgan fingerprint density at radius 2 is 1.69 bits per heavy atom. The van der Waals surface area contributed by atoms with E-state index in [9.17, 15) is 24.6 Å². The molecule has 7 heterocycles. The number of aromatic nitrogens is 6. The largest absolute Gasteiger partial charge is 0.391 e. The number of fused-ring (bicyclic) bond motifs is 7. The molecule has 12 rings (SSSR count). The van der Waals surface area contributed by atoms with E-state index in [2.05, 4.69) is 87.3 Å². The number of amides is 2. The minimum atomic E-state index is -1.56. The summed E-state index contributed by atoms with van der Waals surface area (Å²) in [6, 6.07) is 18.9. The topological polar surface area (TPSA) is 184 Å². The van der Waals surface area contributed by atoms with Crippen LogP contribution >= 0.6 is 27.3 Å². The highest BCUT2D eigenvalue weighted by molar-refractivity contribution is 9.10. The number of thiazole rings is 1. The van der Waals surface area contributed by atoms with Crippen LogP contribution < -0.4 is 10.9 Å². The average Bonchev–Trinajstić information content (AvgIpc) is 4.23. The molecule has 3 aromatic carbocycles. The fraction of sp³-hybridized carbons (Fsp3) is 0.550. The van der Waals surface area contributed by atoms with Gasteiger partial charge in [-0.2, -0.15) is 4.98 Å². The highest BCUT2D eigenvalue weighted by atomic mass is 79.9. The van der Waals surface area contributed by atoms with Gasteiger partial charge in [0, 0.05) is 55.7 Å². The molecule has 2 amide bonds. The highest BCUT2D eigenvalue weighted by Gasteiger charge is 2.48.